The molecule has 3 aromatic rings. The number of benzene rings is 2. The first-order valence-corrected chi connectivity index (χ1v) is 11.8. The molecule has 168 valence electrons. The highest BCUT2D eigenvalue weighted by Gasteiger charge is 2.30. The van der Waals surface area contributed by atoms with Crippen molar-refractivity contribution in [3.63, 3.8) is 0 Å². The Hall–Kier alpha value is -3.53. The van der Waals surface area contributed by atoms with Crippen LogP contribution in [0.3, 0.4) is 0 Å². The van der Waals surface area contributed by atoms with Gasteiger partial charge in [0, 0.05) is 25.2 Å². The van der Waals surface area contributed by atoms with Crippen molar-refractivity contribution in [2.24, 2.45) is 0 Å². The van der Waals surface area contributed by atoms with Gasteiger partial charge in [-0.05, 0) is 37.1 Å². The fourth-order valence-electron chi connectivity index (χ4n) is 3.84. The molecule has 1 aliphatic heterocycles. The highest BCUT2D eigenvalue weighted by Crippen LogP contribution is 2.35. The molecule has 9 nitrogen and oxygen atoms in total. The van der Waals surface area contributed by atoms with E-state index in [4.69, 9.17) is 4.74 Å². The van der Waals surface area contributed by atoms with Crippen molar-refractivity contribution in [3.8, 4) is 11.4 Å². The molecule has 0 bridgehead atoms. The Morgan fingerprint density at radius 3 is 2.59 bits per heavy atom. The lowest BCUT2D eigenvalue weighted by molar-refractivity contribution is -0.606. The number of nitrogens with one attached hydrogen (secondary N) is 1. The van der Waals surface area contributed by atoms with Gasteiger partial charge in [-0.3, -0.25) is 9.10 Å². The molecule has 0 radical (unpaired) electrons. The van der Waals surface area contributed by atoms with Crippen LogP contribution in [0.1, 0.15) is 29.0 Å². The van der Waals surface area contributed by atoms with E-state index in [-0.39, 0.29) is 11.4 Å². The molecule has 1 aliphatic rings. The lowest BCUT2D eigenvalue weighted by Crippen LogP contribution is -2.38. The molecule has 4 rings (SSSR count). The monoisotopic (exact) mass is 456 g/mol. The lowest BCUT2D eigenvalue weighted by atomic mass is 10.2. The first-order chi connectivity index (χ1) is 15.3. The Balaban J connectivity index is 1.73. The molecule has 0 saturated carbocycles. The third-order valence-electron chi connectivity index (χ3n) is 5.45. The molecular weight excluding hydrogens is 432 g/mol. The first kappa shape index (κ1) is 21.7. The van der Waals surface area contributed by atoms with E-state index in [2.05, 4.69) is 5.32 Å². The number of hydrogen-bond acceptors (Lipinski definition) is 5. The van der Waals surface area contributed by atoms with Crippen LogP contribution in [0.4, 0.5) is 11.4 Å². The third-order valence-corrected chi connectivity index (χ3v) is 7.31. The predicted molar refractivity (Wildman–Crippen MR) is 121 cm³/mol. The Labute approximate surface area is 186 Å². The molecule has 0 aliphatic carbocycles. The molecule has 1 amide bonds. The molecule has 32 heavy (non-hydrogen) atoms. The molecular formula is C22H24N4O5S. The summed E-state index contributed by atoms with van der Waals surface area (Å²) in [5.41, 5.74) is 1.91. The minimum Gasteiger partial charge on any atom is -0.710 e. The number of sulfonamides is 1. The van der Waals surface area contributed by atoms with Crippen LogP contribution in [-0.2, 0) is 10.0 Å². The Kier molecular flexibility index (Phi) is 5.79. The zero-order valence-electron chi connectivity index (χ0n) is 17.8. The standard InChI is InChI=1S/C22H24N4O5S/c1-16-21(22(27)23-17-8-4-3-5-9-17)25(28)15-24(16)18-10-11-20(31-2)19(14-18)26-12-6-7-13-32(26,29)30/h3-5,8-11,14-15H,6-7,12-13H2,1-2H3,(H,23,27). The Bertz CT molecular complexity index is 1250. The van der Waals surface area contributed by atoms with Crippen LogP contribution in [0.2, 0.25) is 0 Å². The van der Waals surface area contributed by atoms with E-state index in [1.165, 1.54) is 17.7 Å². The molecule has 10 heteroatoms. The molecule has 0 atom stereocenters. The van der Waals surface area contributed by atoms with Gasteiger partial charge in [0.2, 0.25) is 15.7 Å². The summed E-state index contributed by atoms with van der Waals surface area (Å²) >= 11 is 0. The van der Waals surface area contributed by atoms with Crippen LogP contribution in [0, 0.1) is 12.1 Å². The summed E-state index contributed by atoms with van der Waals surface area (Å²) in [5.74, 6) is -0.0383. The number of para-hydroxylation sites is 1. The second-order valence-electron chi connectivity index (χ2n) is 7.52. The minimum atomic E-state index is -3.46. The highest BCUT2D eigenvalue weighted by molar-refractivity contribution is 7.92. The van der Waals surface area contributed by atoms with Gasteiger partial charge in [-0.25, -0.2) is 13.1 Å². The van der Waals surface area contributed by atoms with E-state index in [9.17, 15) is 18.4 Å². The number of carbonyl (C=O) groups excluding carboxylic acids is 1. The van der Waals surface area contributed by atoms with E-state index in [0.717, 1.165) is 6.42 Å². The minimum absolute atomic E-state index is 0.0446. The largest absolute Gasteiger partial charge is 0.710 e. The topological polar surface area (TPSA) is 108 Å². The van der Waals surface area contributed by atoms with Gasteiger partial charge in [0.1, 0.15) is 11.4 Å². The van der Waals surface area contributed by atoms with Crippen molar-refractivity contribution in [3.05, 3.63) is 71.5 Å². The highest BCUT2D eigenvalue weighted by atomic mass is 32.2. The SMILES string of the molecule is COc1ccc(-n2c[n+]([O-])c(C(=O)Nc3ccccc3)c2C)cc1N1CCCCS1(=O)=O. The van der Waals surface area contributed by atoms with Crippen molar-refractivity contribution >= 4 is 27.3 Å². The van der Waals surface area contributed by atoms with E-state index in [1.807, 2.05) is 6.07 Å². The third kappa shape index (κ3) is 4.01. The fraction of sp³-hybridized carbons (Fsp3) is 0.273. The summed E-state index contributed by atoms with van der Waals surface area (Å²) in [7, 11) is -1.98. The zero-order chi connectivity index (χ0) is 22.9. The maximum atomic E-state index is 12.7. The van der Waals surface area contributed by atoms with Crippen LogP contribution in [0.25, 0.3) is 5.69 Å². The number of ether oxygens (including phenoxy) is 1. The fourth-order valence-corrected chi connectivity index (χ4v) is 5.48. The zero-order valence-corrected chi connectivity index (χ0v) is 18.6. The maximum absolute atomic E-state index is 12.7. The van der Waals surface area contributed by atoms with E-state index >= 15 is 0 Å². The predicted octanol–water partition coefficient (Wildman–Crippen LogP) is 2.61. The molecule has 1 fully saturated rings. The second-order valence-corrected chi connectivity index (χ2v) is 9.53. The van der Waals surface area contributed by atoms with Gasteiger partial charge in [-0.1, -0.05) is 18.2 Å². The van der Waals surface area contributed by atoms with Crippen molar-refractivity contribution in [1.82, 2.24) is 4.57 Å². The van der Waals surface area contributed by atoms with Crippen molar-refractivity contribution in [2.45, 2.75) is 19.8 Å². The number of amides is 1. The van der Waals surface area contributed by atoms with Gasteiger partial charge >= 0.3 is 0 Å². The van der Waals surface area contributed by atoms with Gasteiger partial charge in [-0.2, -0.15) is 4.57 Å². The Morgan fingerprint density at radius 1 is 1.16 bits per heavy atom. The molecule has 0 unspecified atom stereocenters. The maximum Gasteiger partial charge on any atom is 0.300 e. The molecule has 2 aromatic carbocycles. The van der Waals surface area contributed by atoms with Crippen LogP contribution >= 0.6 is 0 Å². The summed E-state index contributed by atoms with van der Waals surface area (Å²) in [6.45, 7) is 2.02. The van der Waals surface area contributed by atoms with E-state index in [1.54, 1.807) is 54.0 Å². The molecule has 0 spiro atoms. The smallest absolute Gasteiger partial charge is 0.300 e. The van der Waals surface area contributed by atoms with Gasteiger partial charge in [0.25, 0.3) is 12.2 Å². The summed E-state index contributed by atoms with van der Waals surface area (Å²) in [6.07, 6.45) is 2.62. The van der Waals surface area contributed by atoms with Crippen LogP contribution < -0.4 is 19.1 Å². The second kappa shape index (κ2) is 8.54. The lowest BCUT2D eigenvalue weighted by Gasteiger charge is -2.29. The number of nitrogens with zero attached hydrogens (tertiary/aromatic N) is 3. The normalized spacial score (nSPS) is 15.4. The summed E-state index contributed by atoms with van der Waals surface area (Å²) in [4.78, 5) is 12.7. The first-order valence-electron chi connectivity index (χ1n) is 10.2. The van der Waals surface area contributed by atoms with Crippen molar-refractivity contribution in [2.75, 3.05) is 29.0 Å². The quantitative estimate of drug-likeness (QED) is 0.469. The van der Waals surface area contributed by atoms with E-state index in [0.29, 0.717) is 46.2 Å². The number of anilines is 2. The number of methoxy groups -OCH3 is 1. The van der Waals surface area contributed by atoms with Gasteiger partial charge in [0.15, 0.2) is 5.69 Å². The van der Waals surface area contributed by atoms with E-state index < -0.39 is 15.9 Å². The average molecular weight is 457 g/mol. The summed E-state index contributed by atoms with van der Waals surface area (Å²) in [5, 5.41) is 15.3. The molecule has 1 N–H and O–H groups in total. The van der Waals surface area contributed by atoms with Crippen molar-refractivity contribution in [1.29, 1.82) is 0 Å². The number of rotatable bonds is 5. The number of hydrogen-bond donors (Lipinski definition) is 1. The Morgan fingerprint density at radius 2 is 1.91 bits per heavy atom. The molecule has 1 saturated heterocycles. The van der Waals surface area contributed by atoms with Crippen molar-refractivity contribution < 1.29 is 22.7 Å². The summed E-state index contributed by atoms with van der Waals surface area (Å²) in [6, 6.07) is 13.9. The van der Waals surface area contributed by atoms with Gasteiger partial charge < -0.3 is 15.3 Å². The summed E-state index contributed by atoms with van der Waals surface area (Å²) < 4.78 is 34.1. The van der Waals surface area contributed by atoms with Crippen LogP contribution in [0.15, 0.2) is 54.9 Å². The molecule has 2 heterocycles. The number of aromatic nitrogens is 2. The van der Waals surface area contributed by atoms with Crippen LogP contribution in [-0.4, -0.2) is 38.3 Å². The average Bonchev–Trinajstić information content (AvgIpc) is 3.07. The van der Waals surface area contributed by atoms with Gasteiger partial charge in [0.05, 0.1) is 18.6 Å². The van der Waals surface area contributed by atoms with Gasteiger partial charge in [-0.15, -0.1) is 0 Å². The number of imidazole rings is 1. The number of carbonyl (C=O) groups is 1. The van der Waals surface area contributed by atoms with Crippen LogP contribution in [0.5, 0.6) is 5.75 Å². The molecule has 1 aromatic heterocycles.